The number of piperidine rings is 1. The molecule has 2 heterocycles. The van der Waals surface area contributed by atoms with Crippen LogP contribution in [0.2, 0.25) is 0 Å². The van der Waals surface area contributed by atoms with E-state index in [0.29, 0.717) is 0 Å². The molecule has 27 heavy (non-hydrogen) atoms. The largest absolute Gasteiger partial charge is 0.497 e. The zero-order chi connectivity index (χ0) is 19.3. The summed E-state index contributed by atoms with van der Waals surface area (Å²) < 4.78 is 7.24. The zero-order valence-electron chi connectivity index (χ0n) is 16.4. The molecule has 1 aromatic heterocycles. The number of ether oxygens (including phenoxy) is 1. The maximum absolute atomic E-state index is 12.7. The number of likely N-dealkylation sites (N-methyl/N-ethyl adjacent to an activating group) is 1. The Bertz CT molecular complexity index is 765. The predicted octanol–water partition coefficient (Wildman–Crippen LogP) is 2.10. The summed E-state index contributed by atoms with van der Waals surface area (Å²) >= 11 is 0. The molecule has 0 aliphatic carbocycles. The van der Waals surface area contributed by atoms with Gasteiger partial charge in [-0.25, -0.2) is 0 Å². The van der Waals surface area contributed by atoms with Crippen molar-refractivity contribution in [3.63, 3.8) is 0 Å². The molecular weight excluding hydrogens is 342 g/mol. The number of anilines is 1. The van der Waals surface area contributed by atoms with Crippen LogP contribution in [0.3, 0.4) is 0 Å². The topological polar surface area (TPSA) is 71.4 Å². The lowest BCUT2D eigenvalue weighted by Crippen LogP contribution is -2.57. The van der Waals surface area contributed by atoms with E-state index in [4.69, 9.17) is 4.74 Å². The second kappa shape index (κ2) is 8.43. The minimum absolute atomic E-state index is 0.0313. The third-order valence-corrected chi connectivity index (χ3v) is 5.24. The summed E-state index contributed by atoms with van der Waals surface area (Å²) in [5.74, 6) is 0.807. The maximum Gasteiger partial charge on any atom is 0.245 e. The lowest BCUT2D eigenvalue weighted by molar-refractivity contribution is -0.126. The van der Waals surface area contributed by atoms with Gasteiger partial charge in [-0.05, 0) is 31.9 Å². The molecule has 1 saturated heterocycles. The Morgan fingerprint density at radius 3 is 2.74 bits per heavy atom. The molecule has 1 aliphatic heterocycles. The van der Waals surface area contributed by atoms with E-state index in [1.807, 2.05) is 35.1 Å². The van der Waals surface area contributed by atoms with Crippen molar-refractivity contribution in [3.8, 4) is 5.75 Å². The Hall–Kier alpha value is -2.54. The molecule has 0 saturated carbocycles. The van der Waals surface area contributed by atoms with Crippen LogP contribution in [-0.2, 0) is 17.9 Å². The molecule has 3 rings (SSSR count). The maximum atomic E-state index is 12.7. The number of rotatable bonds is 7. The summed E-state index contributed by atoms with van der Waals surface area (Å²) in [6.45, 7) is 5.52. The lowest BCUT2D eigenvalue weighted by atomic mass is 9.86. The molecule has 0 radical (unpaired) electrons. The molecule has 0 spiro atoms. The predicted molar refractivity (Wildman–Crippen MR) is 106 cm³/mol. The minimum atomic E-state index is -0.606. The van der Waals surface area contributed by atoms with Crippen molar-refractivity contribution in [1.29, 1.82) is 0 Å². The minimum Gasteiger partial charge on any atom is -0.497 e. The second-order valence-electron chi connectivity index (χ2n) is 7.00. The standard InChI is InChI=1S/C20H29N5O2/c1-4-25-15-16(13-22-25)14-24-10-8-20(9-11-24,19(26)21-2)23-17-6-5-7-18(12-17)27-3/h5-7,12-13,15,23H,4,8-11,14H2,1-3H3,(H,21,26). The number of hydrogen-bond acceptors (Lipinski definition) is 5. The molecule has 1 amide bonds. The number of likely N-dealkylation sites (tertiary alicyclic amines) is 1. The summed E-state index contributed by atoms with van der Waals surface area (Å²) in [5.41, 5.74) is 1.51. The molecule has 1 aliphatic rings. The quantitative estimate of drug-likeness (QED) is 0.780. The fourth-order valence-corrected chi connectivity index (χ4v) is 3.64. The number of amides is 1. The summed E-state index contributed by atoms with van der Waals surface area (Å²) in [6, 6.07) is 7.73. The Kier molecular flexibility index (Phi) is 6.01. The number of carbonyl (C=O) groups excluding carboxylic acids is 1. The van der Waals surface area contributed by atoms with E-state index in [-0.39, 0.29) is 5.91 Å². The molecule has 0 unspecified atom stereocenters. The number of nitrogens with one attached hydrogen (secondary N) is 2. The van der Waals surface area contributed by atoms with E-state index in [9.17, 15) is 4.79 Å². The molecule has 146 valence electrons. The average Bonchev–Trinajstić information content (AvgIpc) is 3.16. The van der Waals surface area contributed by atoms with Gasteiger partial charge in [0.1, 0.15) is 11.3 Å². The lowest BCUT2D eigenvalue weighted by Gasteiger charge is -2.41. The highest BCUT2D eigenvalue weighted by molar-refractivity contribution is 5.89. The van der Waals surface area contributed by atoms with E-state index in [1.165, 1.54) is 5.56 Å². The van der Waals surface area contributed by atoms with Gasteiger partial charge in [0.25, 0.3) is 0 Å². The molecule has 2 N–H and O–H groups in total. The average molecular weight is 371 g/mol. The van der Waals surface area contributed by atoms with Gasteiger partial charge in [-0.15, -0.1) is 0 Å². The van der Waals surface area contributed by atoms with E-state index in [2.05, 4.69) is 33.8 Å². The number of aryl methyl sites for hydroxylation is 1. The van der Waals surface area contributed by atoms with Crippen LogP contribution in [0.5, 0.6) is 5.75 Å². The van der Waals surface area contributed by atoms with E-state index in [0.717, 1.165) is 50.5 Å². The van der Waals surface area contributed by atoms with E-state index in [1.54, 1.807) is 14.2 Å². The zero-order valence-corrected chi connectivity index (χ0v) is 16.4. The highest BCUT2D eigenvalue weighted by Crippen LogP contribution is 2.29. The van der Waals surface area contributed by atoms with Gasteiger partial charge in [-0.3, -0.25) is 14.4 Å². The van der Waals surface area contributed by atoms with Gasteiger partial charge in [0.2, 0.25) is 5.91 Å². The fraction of sp³-hybridized carbons (Fsp3) is 0.500. The first-order valence-corrected chi connectivity index (χ1v) is 9.46. The Balaban J connectivity index is 1.68. The number of carbonyl (C=O) groups is 1. The Morgan fingerprint density at radius 2 is 2.11 bits per heavy atom. The van der Waals surface area contributed by atoms with Crippen molar-refractivity contribution in [2.45, 2.75) is 38.4 Å². The SMILES string of the molecule is CCn1cc(CN2CCC(Nc3cccc(OC)c3)(C(=O)NC)CC2)cn1. The van der Waals surface area contributed by atoms with Crippen molar-refractivity contribution in [2.24, 2.45) is 0 Å². The monoisotopic (exact) mass is 371 g/mol. The van der Waals surface area contributed by atoms with Crippen LogP contribution in [0.25, 0.3) is 0 Å². The summed E-state index contributed by atoms with van der Waals surface area (Å²) in [5, 5.41) is 10.7. The first-order valence-electron chi connectivity index (χ1n) is 9.46. The molecule has 1 fully saturated rings. The smallest absolute Gasteiger partial charge is 0.245 e. The van der Waals surface area contributed by atoms with Crippen molar-refractivity contribution in [1.82, 2.24) is 20.0 Å². The molecular formula is C20H29N5O2. The van der Waals surface area contributed by atoms with Crippen LogP contribution in [-0.4, -0.2) is 53.4 Å². The van der Waals surface area contributed by atoms with Gasteiger partial charge < -0.3 is 15.4 Å². The Labute approximate surface area is 160 Å². The van der Waals surface area contributed by atoms with Gasteiger partial charge in [-0.2, -0.15) is 5.10 Å². The first kappa shape index (κ1) is 19.2. The molecule has 7 heteroatoms. The van der Waals surface area contributed by atoms with Crippen molar-refractivity contribution in [2.75, 3.05) is 32.6 Å². The molecule has 0 bridgehead atoms. The molecule has 1 aromatic carbocycles. The molecule has 7 nitrogen and oxygen atoms in total. The van der Waals surface area contributed by atoms with Gasteiger partial charge in [0.15, 0.2) is 0 Å². The van der Waals surface area contributed by atoms with Crippen molar-refractivity contribution >= 4 is 11.6 Å². The second-order valence-corrected chi connectivity index (χ2v) is 7.00. The van der Waals surface area contributed by atoms with Crippen LogP contribution in [0, 0.1) is 0 Å². The van der Waals surface area contributed by atoms with Crippen LogP contribution < -0.4 is 15.4 Å². The van der Waals surface area contributed by atoms with Crippen molar-refractivity contribution < 1.29 is 9.53 Å². The number of aromatic nitrogens is 2. The summed E-state index contributed by atoms with van der Waals surface area (Å²) in [7, 11) is 3.34. The van der Waals surface area contributed by atoms with E-state index < -0.39 is 5.54 Å². The summed E-state index contributed by atoms with van der Waals surface area (Å²) in [6.07, 6.45) is 5.51. The summed E-state index contributed by atoms with van der Waals surface area (Å²) in [4.78, 5) is 15.1. The number of methoxy groups -OCH3 is 1. The highest BCUT2D eigenvalue weighted by atomic mass is 16.5. The van der Waals surface area contributed by atoms with Gasteiger partial charge in [0, 0.05) is 56.7 Å². The molecule has 0 atom stereocenters. The third kappa shape index (κ3) is 4.42. The van der Waals surface area contributed by atoms with E-state index >= 15 is 0 Å². The number of nitrogens with zero attached hydrogens (tertiary/aromatic N) is 3. The van der Waals surface area contributed by atoms with Crippen LogP contribution >= 0.6 is 0 Å². The van der Waals surface area contributed by atoms with Gasteiger partial charge >= 0.3 is 0 Å². The third-order valence-electron chi connectivity index (χ3n) is 5.24. The fourth-order valence-electron chi connectivity index (χ4n) is 3.64. The first-order chi connectivity index (χ1) is 13.1. The van der Waals surface area contributed by atoms with Crippen LogP contribution in [0.1, 0.15) is 25.3 Å². The molecule has 2 aromatic rings. The van der Waals surface area contributed by atoms with Crippen LogP contribution in [0.4, 0.5) is 5.69 Å². The van der Waals surface area contributed by atoms with Crippen LogP contribution in [0.15, 0.2) is 36.7 Å². The highest BCUT2D eigenvalue weighted by Gasteiger charge is 2.41. The number of benzene rings is 1. The van der Waals surface area contributed by atoms with Gasteiger partial charge in [0.05, 0.1) is 13.3 Å². The van der Waals surface area contributed by atoms with Crippen molar-refractivity contribution in [3.05, 3.63) is 42.2 Å². The Morgan fingerprint density at radius 1 is 1.33 bits per heavy atom. The number of hydrogen-bond donors (Lipinski definition) is 2. The normalized spacial score (nSPS) is 16.7. The van der Waals surface area contributed by atoms with Gasteiger partial charge in [-0.1, -0.05) is 6.07 Å².